The smallest absolute Gasteiger partial charge is 0.241 e. The summed E-state index contributed by atoms with van der Waals surface area (Å²) in [5.41, 5.74) is 5.44. The number of rotatable bonds is 6. The molecule has 3 aromatic heterocycles. The van der Waals surface area contributed by atoms with Crippen molar-refractivity contribution in [3.8, 4) is 11.1 Å². The molecular formula is C28H38N8O. The van der Waals surface area contributed by atoms with E-state index < -0.39 is 0 Å². The maximum absolute atomic E-state index is 5.52. The zero-order valence-electron chi connectivity index (χ0n) is 22.2. The molecule has 3 aliphatic rings. The van der Waals surface area contributed by atoms with Gasteiger partial charge in [-0.25, -0.2) is 19.5 Å². The van der Waals surface area contributed by atoms with Crippen LogP contribution in [0.2, 0.25) is 0 Å². The standard InChI is InChI=1S/C28H38N8O/c1-18-25(32-22-9-12-37-13-10-22)15-19-14-20(16-29-27(19)31-18)24-8-11-36-26(24)17-30-28(34-36)33-21-4-6-23(7-5-21)35(2)3/h8,11,14,16-17,21-23,25,32H,4-7,9-10,12-13,15H2,1-3H3,(H,33,34). The van der Waals surface area contributed by atoms with E-state index >= 15 is 0 Å². The minimum Gasteiger partial charge on any atom is -0.381 e. The Morgan fingerprint density at radius 3 is 2.59 bits per heavy atom. The molecule has 0 amide bonds. The van der Waals surface area contributed by atoms with Gasteiger partial charge in [0, 0.05) is 66.6 Å². The lowest BCUT2D eigenvalue weighted by atomic mass is 9.91. The van der Waals surface area contributed by atoms with Gasteiger partial charge in [-0.1, -0.05) is 0 Å². The van der Waals surface area contributed by atoms with Gasteiger partial charge in [0.15, 0.2) is 5.82 Å². The molecule has 2 fully saturated rings. The Kier molecular flexibility index (Phi) is 6.92. The van der Waals surface area contributed by atoms with E-state index in [1.807, 2.05) is 23.1 Å². The summed E-state index contributed by atoms with van der Waals surface area (Å²) in [6, 6.07) is 6.18. The highest BCUT2D eigenvalue weighted by atomic mass is 16.5. The van der Waals surface area contributed by atoms with Crippen LogP contribution in [0.1, 0.15) is 51.0 Å². The summed E-state index contributed by atoms with van der Waals surface area (Å²) in [5.74, 6) is 1.53. The fourth-order valence-electron chi connectivity index (χ4n) is 5.97. The second-order valence-electron chi connectivity index (χ2n) is 11.0. The first-order valence-corrected chi connectivity index (χ1v) is 13.7. The quantitative estimate of drug-likeness (QED) is 0.529. The molecule has 0 bridgehead atoms. The second kappa shape index (κ2) is 10.5. The molecule has 1 saturated heterocycles. The van der Waals surface area contributed by atoms with Crippen LogP contribution >= 0.6 is 0 Å². The van der Waals surface area contributed by atoms with Crippen molar-refractivity contribution in [2.75, 3.05) is 32.6 Å². The van der Waals surface area contributed by atoms with Crippen LogP contribution in [-0.2, 0) is 11.2 Å². The third kappa shape index (κ3) is 5.26. The van der Waals surface area contributed by atoms with E-state index in [2.05, 4.69) is 53.7 Å². The number of hydrogen-bond donors (Lipinski definition) is 2. The van der Waals surface area contributed by atoms with Crippen molar-refractivity contribution in [3.63, 3.8) is 0 Å². The van der Waals surface area contributed by atoms with Crippen molar-refractivity contribution < 1.29 is 4.74 Å². The zero-order chi connectivity index (χ0) is 25.4. The zero-order valence-corrected chi connectivity index (χ0v) is 22.2. The first kappa shape index (κ1) is 24.5. The molecule has 0 spiro atoms. The molecule has 0 aromatic carbocycles. The number of nitrogens with one attached hydrogen (secondary N) is 2. The Bertz CT molecular complexity index is 1270. The van der Waals surface area contributed by atoms with Gasteiger partial charge < -0.3 is 20.3 Å². The number of aliphatic imine (C=N–C) groups is 1. The first-order valence-electron chi connectivity index (χ1n) is 13.7. The molecule has 1 atom stereocenters. The van der Waals surface area contributed by atoms with Gasteiger partial charge in [0.2, 0.25) is 5.95 Å². The summed E-state index contributed by atoms with van der Waals surface area (Å²) < 4.78 is 7.45. The molecule has 6 rings (SSSR count). The Balaban J connectivity index is 1.17. The highest BCUT2D eigenvalue weighted by Gasteiger charge is 2.26. The lowest BCUT2D eigenvalue weighted by Crippen LogP contribution is -2.47. The van der Waals surface area contributed by atoms with E-state index in [1.165, 1.54) is 18.4 Å². The lowest BCUT2D eigenvalue weighted by molar-refractivity contribution is 0.0767. The predicted molar refractivity (Wildman–Crippen MR) is 147 cm³/mol. The molecular weight excluding hydrogens is 464 g/mol. The predicted octanol–water partition coefficient (Wildman–Crippen LogP) is 3.86. The van der Waals surface area contributed by atoms with E-state index in [1.54, 1.807) is 0 Å². The molecule has 0 radical (unpaired) electrons. The summed E-state index contributed by atoms with van der Waals surface area (Å²) in [5, 5.41) is 12.1. The van der Waals surface area contributed by atoms with Crippen LogP contribution in [0, 0.1) is 0 Å². The summed E-state index contributed by atoms with van der Waals surface area (Å²) in [4.78, 5) is 16.6. The SMILES string of the molecule is CC1=Nc2ncc(-c3ccn4nc(NC5CCC(N(C)C)CC5)ncc34)cc2CC1NC1CCOCC1. The molecule has 9 heteroatoms. The molecule has 3 aromatic rings. The van der Waals surface area contributed by atoms with Gasteiger partial charge in [-0.2, -0.15) is 0 Å². The Morgan fingerprint density at radius 1 is 1.00 bits per heavy atom. The summed E-state index contributed by atoms with van der Waals surface area (Å²) in [6.45, 7) is 3.77. The number of hydrogen-bond acceptors (Lipinski definition) is 8. The van der Waals surface area contributed by atoms with Crippen molar-refractivity contribution in [1.82, 2.24) is 29.8 Å². The molecule has 2 N–H and O–H groups in total. The van der Waals surface area contributed by atoms with Gasteiger partial charge in [-0.15, -0.1) is 5.10 Å². The van der Waals surface area contributed by atoms with E-state index in [4.69, 9.17) is 19.8 Å². The number of pyridine rings is 1. The molecule has 2 aliphatic heterocycles. The average molecular weight is 503 g/mol. The van der Waals surface area contributed by atoms with Crippen LogP contribution in [-0.4, -0.2) is 81.7 Å². The summed E-state index contributed by atoms with van der Waals surface area (Å²) in [6.07, 6.45) is 13.6. The Labute approximate surface area is 218 Å². The minimum atomic E-state index is 0.239. The van der Waals surface area contributed by atoms with Crippen LogP contribution in [0.3, 0.4) is 0 Å². The van der Waals surface area contributed by atoms with Crippen molar-refractivity contribution in [1.29, 1.82) is 0 Å². The third-order valence-electron chi connectivity index (χ3n) is 8.30. The van der Waals surface area contributed by atoms with Crippen LogP contribution in [0.5, 0.6) is 0 Å². The largest absolute Gasteiger partial charge is 0.381 e. The fraction of sp³-hybridized carbons (Fsp3) is 0.571. The molecule has 1 saturated carbocycles. The van der Waals surface area contributed by atoms with Gasteiger partial charge in [-0.05, 0) is 83.7 Å². The summed E-state index contributed by atoms with van der Waals surface area (Å²) >= 11 is 0. The van der Waals surface area contributed by atoms with Crippen LogP contribution in [0.15, 0.2) is 35.7 Å². The van der Waals surface area contributed by atoms with Crippen LogP contribution < -0.4 is 10.6 Å². The van der Waals surface area contributed by atoms with Crippen molar-refractivity contribution in [3.05, 3.63) is 36.3 Å². The normalized spacial score (nSPS) is 24.8. The van der Waals surface area contributed by atoms with Crippen molar-refractivity contribution in [2.24, 2.45) is 4.99 Å². The van der Waals surface area contributed by atoms with Gasteiger partial charge >= 0.3 is 0 Å². The summed E-state index contributed by atoms with van der Waals surface area (Å²) in [7, 11) is 4.35. The lowest BCUT2D eigenvalue weighted by Gasteiger charge is -2.32. The monoisotopic (exact) mass is 502 g/mol. The van der Waals surface area contributed by atoms with Crippen molar-refractivity contribution >= 4 is 23.0 Å². The fourth-order valence-corrected chi connectivity index (χ4v) is 5.97. The Hall–Kier alpha value is -2.88. The third-order valence-corrected chi connectivity index (χ3v) is 8.30. The highest BCUT2D eigenvalue weighted by molar-refractivity contribution is 5.92. The molecule has 196 valence electrons. The molecule has 5 heterocycles. The molecule has 1 unspecified atom stereocenters. The number of ether oxygens (including phenoxy) is 1. The van der Waals surface area contributed by atoms with Crippen LogP contribution in [0.4, 0.5) is 11.8 Å². The topological polar surface area (TPSA) is 92.0 Å². The maximum atomic E-state index is 5.52. The first-order chi connectivity index (χ1) is 18.0. The van der Waals surface area contributed by atoms with Gasteiger partial charge in [0.25, 0.3) is 0 Å². The van der Waals surface area contributed by atoms with Crippen LogP contribution in [0.25, 0.3) is 16.6 Å². The van der Waals surface area contributed by atoms with E-state index in [0.717, 1.165) is 73.5 Å². The minimum absolute atomic E-state index is 0.239. The average Bonchev–Trinajstić information content (AvgIpc) is 3.33. The number of aromatic nitrogens is 4. The van der Waals surface area contributed by atoms with Gasteiger partial charge in [-0.3, -0.25) is 0 Å². The van der Waals surface area contributed by atoms with E-state index in [0.29, 0.717) is 24.1 Å². The maximum Gasteiger partial charge on any atom is 0.241 e. The molecule has 1 aliphatic carbocycles. The molecule has 9 nitrogen and oxygen atoms in total. The van der Waals surface area contributed by atoms with Gasteiger partial charge in [0.05, 0.1) is 11.7 Å². The number of nitrogens with zero attached hydrogens (tertiary/aromatic N) is 6. The van der Waals surface area contributed by atoms with Crippen molar-refractivity contribution in [2.45, 2.75) is 76.0 Å². The van der Waals surface area contributed by atoms with E-state index in [-0.39, 0.29) is 6.04 Å². The number of fused-ring (bicyclic) bond motifs is 2. The highest BCUT2D eigenvalue weighted by Crippen LogP contribution is 2.32. The molecule has 37 heavy (non-hydrogen) atoms. The van der Waals surface area contributed by atoms with E-state index in [9.17, 15) is 0 Å². The van der Waals surface area contributed by atoms with Gasteiger partial charge in [0.1, 0.15) is 0 Å². The second-order valence-corrected chi connectivity index (χ2v) is 11.0. The Morgan fingerprint density at radius 2 is 1.81 bits per heavy atom. The number of anilines is 1.